The second kappa shape index (κ2) is 11.6. The summed E-state index contributed by atoms with van der Waals surface area (Å²) < 4.78 is 15.1. The number of nitriles is 1. The largest absolute Gasteiger partial charge is 0.396 e. The van der Waals surface area contributed by atoms with Crippen molar-refractivity contribution in [2.45, 2.75) is 31.6 Å². The van der Waals surface area contributed by atoms with Crippen LogP contribution in [0, 0.1) is 17.1 Å². The van der Waals surface area contributed by atoms with Gasteiger partial charge in [-0.1, -0.05) is 12.1 Å². The van der Waals surface area contributed by atoms with Gasteiger partial charge in [0, 0.05) is 26.2 Å². The fourth-order valence-electron chi connectivity index (χ4n) is 4.48. The maximum atomic E-state index is 13.5. The number of tetrazole rings is 1. The van der Waals surface area contributed by atoms with Crippen LogP contribution in [0.4, 0.5) is 4.39 Å². The van der Waals surface area contributed by atoms with E-state index in [1.54, 1.807) is 23.1 Å². The van der Waals surface area contributed by atoms with E-state index in [1.807, 2.05) is 29.2 Å². The summed E-state index contributed by atoms with van der Waals surface area (Å²) >= 11 is 0. The first-order valence-corrected chi connectivity index (χ1v) is 11.8. The van der Waals surface area contributed by atoms with Crippen LogP contribution in [0.15, 0.2) is 42.7 Å². The molecule has 0 aliphatic heterocycles. The molecule has 1 atom stereocenters. The summed E-state index contributed by atoms with van der Waals surface area (Å²) in [4.78, 5) is 15.3. The van der Waals surface area contributed by atoms with Gasteiger partial charge in [0.1, 0.15) is 18.2 Å². The highest BCUT2D eigenvalue weighted by atomic mass is 19.1. The third-order valence-corrected chi connectivity index (χ3v) is 6.31. The van der Waals surface area contributed by atoms with Gasteiger partial charge in [-0.2, -0.15) is 5.26 Å². The summed E-state index contributed by atoms with van der Waals surface area (Å²) in [7, 11) is 0. The molecule has 1 aliphatic rings. The Labute approximate surface area is 203 Å². The van der Waals surface area contributed by atoms with E-state index >= 15 is 0 Å². The lowest BCUT2D eigenvalue weighted by Crippen LogP contribution is -2.40. The standard InChI is InChI=1S/C25H28FN7O2/c26-24-7-2-18(14-20(24)16-27)8-9-28-10-12-32(11-1-13-34)25(35)23-5-3-19-15-21(4-6-22(19)23)33-17-29-30-31-33/h2,4,6-7,14-15,17,23,28,34H,1,3,5,8-13H2. The minimum Gasteiger partial charge on any atom is -0.396 e. The highest BCUT2D eigenvalue weighted by Gasteiger charge is 2.31. The Morgan fingerprint density at radius 3 is 2.91 bits per heavy atom. The lowest BCUT2D eigenvalue weighted by atomic mass is 9.99. The molecule has 1 amide bonds. The van der Waals surface area contributed by atoms with Crippen molar-refractivity contribution in [2.24, 2.45) is 0 Å². The van der Waals surface area contributed by atoms with Crippen LogP contribution >= 0.6 is 0 Å². The Balaban J connectivity index is 1.33. The van der Waals surface area contributed by atoms with E-state index in [4.69, 9.17) is 5.26 Å². The number of carbonyl (C=O) groups is 1. The number of nitrogens with one attached hydrogen (secondary N) is 1. The molecule has 0 radical (unpaired) electrons. The first kappa shape index (κ1) is 24.4. The quantitative estimate of drug-likeness (QED) is 0.404. The summed E-state index contributed by atoms with van der Waals surface area (Å²) in [5.41, 5.74) is 3.97. The van der Waals surface area contributed by atoms with Crippen molar-refractivity contribution in [1.29, 1.82) is 5.26 Å². The molecule has 35 heavy (non-hydrogen) atoms. The van der Waals surface area contributed by atoms with Crippen LogP contribution in [0.5, 0.6) is 0 Å². The number of fused-ring (bicyclic) bond motifs is 1. The van der Waals surface area contributed by atoms with Crippen LogP contribution in [0.1, 0.15) is 41.0 Å². The first-order valence-electron chi connectivity index (χ1n) is 11.8. The van der Waals surface area contributed by atoms with Crippen molar-refractivity contribution in [3.8, 4) is 11.8 Å². The van der Waals surface area contributed by atoms with Crippen LogP contribution in [0.2, 0.25) is 0 Å². The molecule has 0 spiro atoms. The molecule has 0 fully saturated rings. The number of halogens is 1. The lowest BCUT2D eigenvalue weighted by Gasteiger charge is -2.26. The molecule has 0 saturated carbocycles. The molecule has 1 aromatic heterocycles. The van der Waals surface area contributed by atoms with Gasteiger partial charge in [-0.25, -0.2) is 9.07 Å². The number of aliphatic hydroxyl groups excluding tert-OH is 1. The SMILES string of the molecule is N#Cc1cc(CCNCCN(CCCO)C(=O)C2CCc3cc(-n4cnnn4)ccc32)ccc1F. The van der Waals surface area contributed by atoms with Crippen molar-refractivity contribution in [3.05, 3.63) is 70.8 Å². The highest BCUT2D eigenvalue weighted by molar-refractivity contribution is 5.85. The normalized spacial score (nSPS) is 14.5. The number of nitrogens with zero attached hydrogens (tertiary/aromatic N) is 6. The van der Waals surface area contributed by atoms with Crippen LogP contribution in [-0.4, -0.2) is 68.9 Å². The van der Waals surface area contributed by atoms with E-state index in [0.717, 1.165) is 35.2 Å². The molecule has 2 aromatic carbocycles. The number of hydrogen-bond acceptors (Lipinski definition) is 7. The number of aromatic nitrogens is 4. The second-order valence-corrected chi connectivity index (χ2v) is 8.56. The van der Waals surface area contributed by atoms with E-state index in [9.17, 15) is 14.3 Å². The molecule has 10 heteroatoms. The third-order valence-electron chi connectivity index (χ3n) is 6.31. The summed E-state index contributed by atoms with van der Waals surface area (Å²) in [6, 6.07) is 12.4. The van der Waals surface area contributed by atoms with Gasteiger partial charge in [0.2, 0.25) is 5.91 Å². The molecule has 1 unspecified atom stereocenters. The Morgan fingerprint density at radius 2 is 2.14 bits per heavy atom. The zero-order chi connectivity index (χ0) is 24.6. The van der Waals surface area contributed by atoms with Crippen LogP contribution < -0.4 is 5.32 Å². The molecular weight excluding hydrogens is 449 g/mol. The fourth-order valence-corrected chi connectivity index (χ4v) is 4.48. The molecule has 2 N–H and O–H groups in total. The van der Waals surface area contributed by atoms with Crippen molar-refractivity contribution in [3.63, 3.8) is 0 Å². The Bertz CT molecular complexity index is 1190. The van der Waals surface area contributed by atoms with E-state index < -0.39 is 5.82 Å². The molecule has 3 aromatic rings. The van der Waals surface area contributed by atoms with E-state index in [1.165, 1.54) is 6.07 Å². The maximum absolute atomic E-state index is 13.5. The molecule has 1 aliphatic carbocycles. The van der Waals surface area contributed by atoms with Gasteiger partial charge in [-0.05, 0) is 83.6 Å². The van der Waals surface area contributed by atoms with Gasteiger partial charge in [0.05, 0.1) is 17.2 Å². The van der Waals surface area contributed by atoms with E-state index in [0.29, 0.717) is 39.0 Å². The van der Waals surface area contributed by atoms with Gasteiger partial charge in [-0.3, -0.25) is 4.79 Å². The minimum absolute atomic E-state index is 0.0273. The Kier molecular flexibility index (Phi) is 8.13. The second-order valence-electron chi connectivity index (χ2n) is 8.56. The average molecular weight is 478 g/mol. The monoisotopic (exact) mass is 477 g/mol. The number of aliphatic hydroxyl groups is 1. The van der Waals surface area contributed by atoms with Gasteiger partial charge in [-0.15, -0.1) is 5.10 Å². The molecule has 182 valence electrons. The first-order chi connectivity index (χ1) is 17.1. The van der Waals surface area contributed by atoms with Crippen molar-refractivity contribution < 1.29 is 14.3 Å². The van der Waals surface area contributed by atoms with E-state index in [-0.39, 0.29) is 24.0 Å². The molecule has 0 saturated heterocycles. The van der Waals surface area contributed by atoms with E-state index in [2.05, 4.69) is 20.8 Å². The van der Waals surface area contributed by atoms with Crippen LogP contribution in [0.3, 0.4) is 0 Å². The number of aryl methyl sites for hydroxylation is 1. The van der Waals surface area contributed by atoms with Gasteiger partial charge in [0.15, 0.2) is 0 Å². The van der Waals surface area contributed by atoms with Crippen molar-refractivity contribution in [2.75, 3.05) is 32.8 Å². The predicted octanol–water partition coefficient (Wildman–Crippen LogP) is 1.75. The summed E-state index contributed by atoms with van der Waals surface area (Å²) in [5.74, 6) is -0.635. The predicted molar refractivity (Wildman–Crippen MR) is 126 cm³/mol. The topological polar surface area (TPSA) is 120 Å². The highest BCUT2D eigenvalue weighted by Crippen LogP contribution is 2.35. The lowest BCUT2D eigenvalue weighted by molar-refractivity contribution is -0.132. The fraction of sp³-hybridized carbons (Fsp3) is 0.400. The van der Waals surface area contributed by atoms with Crippen LogP contribution in [-0.2, 0) is 17.6 Å². The summed E-state index contributed by atoms with van der Waals surface area (Å²) in [5, 5.41) is 32.9. The third kappa shape index (κ3) is 5.88. The van der Waals surface area contributed by atoms with Gasteiger partial charge >= 0.3 is 0 Å². The number of amides is 1. The minimum atomic E-state index is -0.512. The molecular formula is C25H28FN7O2. The molecule has 9 nitrogen and oxygen atoms in total. The van der Waals surface area contributed by atoms with Crippen molar-refractivity contribution in [1.82, 2.24) is 30.4 Å². The number of hydrogen-bond donors (Lipinski definition) is 2. The molecule has 1 heterocycles. The molecule has 4 rings (SSSR count). The zero-order valence-corrected chi connectivity index (χ0v) is 19.4. The number of rotatable bonds is 11. The Morgan fingerprint density at radius 1 is 1.26 bits per heavy atom. The summed E-state index contributed by atoms with van der Waals surface area (Å²) in [6.07, 6.45) is 4.29. The number of carbonyl (C=O) groups excluding carboxylic acids is 1. The van der Waals surface area contributed by atoms with Gasteiger partial charge in [0.25, 0.3) is 0 Å². The summed E-state index contributed by atoms with van der Waals surface area (Å²) in [6.45, 7) is 2.29. The number of benzene rings is 2. The maximum Gasteiger partial charge on any atom is 0.230 e. The van der Waals surface area contributed by atoms with Crippen LogP contribution in [0.25, 0.3) is 5.69 Å². The van der Waals surface area contributed by atoms with Gasteiger partial charge < -0.3 is 15.3 Å². The average Bonchev–Trinajstić information content (AvgIpc) is 3.56. The van der Waals surface area contributed by atoms with Crippen molar-refractivity contribution >= 4 is 5.91 Å². The molecule has 0 bridgehead atoms. The Hall–Kier alpha value is -3.68. The zero-order valence-electron chi connectivity index (χ0n) is 19.4. The smallest absolute Gasteiger partial charge is 0.230 e.